The lowest BCUT2D eigenvalue weighted by Gasteiger charge is -2.12. The molecule has 0 radical (unpaired) electrons. The van der Waals surface area contributed by atoms with Crippen LogP contribution in [0.3, 0.4) is 0 Å². The van der Waals surface area contributed by atoms with Crippen LogP contribution in [-0.2, 0) is 20.2 Å². The van der Waals surface area contributed by atoms with Crippen LogP contribution in [0.25, 0.3) is 5.57 Å². The third-order valence-corrected chi connectivity index (χ3v) is 5.66. The van der Waals surface area contributed by atoms with Crippen molar-refractivity contribution in [3.63, 3.8) is 0 Å². The summed E-state index contributed by atoms with van der Waals surface area (Å²) >= 11 is 0. The first-order chi connectivity index (χ1) is 14.2. The highest BCUT2D eigenvalue weighted by Crippen LogP contribution is 2.31. The van der Waals surface area contributed by atoms with Gasteiger partial charge in [-0.2, -0.15) is 27.3 Å². The van der Waals surface area contributed by atoms with Crippen molar-refractivity contribution in [2.45, 2.75) is 9.79 Å². The van der Waals surface area contributed by atoms with Crippen LogP contribution in [-0.4, -0.2) is 42.0 Å². The first kappa shape index (κ1) is 20.9. The predicted molar refractivity (Wildman–Crippen MR) is 102 cm³/mol. The van der Waals surface area contributed by atoms with Gasteiger partial charge >= 0.3 is 10.1 Å². The number of aromatic amines is 1. The second kappa shape index (κ2) is 8.29. The third-order valence-electron chi connectivity index (χ3n) is 3.56. The standard InChI is InChI=1S/C16H12N6O6S2/c17-9-11(16-19-21-22-20-16)10-18-14-8-13(29(23,24)25)6-7-15(14)28-30(26,27)12-4-2-1-3-5-12/h1-8,10,18H,(H,23,24,25)(H,19,20,21,22). The maximum absolute atomic E-state index is 12.5. The van der Waals surface area contributed by atoms with Crippen LogP contribution in [0.5, 0.6) is 5.75 Å². The van der Waals surface area contributed by atoms with E-state index in [-0.39, 0.29) is 27.7 Å². The number of anilines is 1. The maximum atomic E-state index is 12.5. The molecule has 3 aromatic rings. The van der Waals surface area contributed by atoms with E-state index in [9.17, 15) is 26.7 Å². The first-order valence-corrected chi connectivity index (χ1v) is 10.8. The number of nitrogens with one attached hydrogen (secondary N) is 2. The minimum absolute atomic E-state index is 0.0599. The largest absolute Gasteiger partial charge is 0.377 e. The number of hydrogen-bond donors (Lipinski definition) is 3. The molecule has 2 aromatic carbocycles. The summed E-state index contributed by atoms with van der Waals surface area (Å²) in [6.07, 6.45) is 1.09. The lowest BCUT2D eigenvalue weighted by atomic mass is 10.2. The molecule has 1 aromatic heterocycles. The van der Waals surface area contributed by atoms with E-state index in [1.54, 1.807) is 12.1 Å². The van der Waals surface area contributed by atoms with E-state index in [1.165, 1.54) is 24.3 Å². The maximum Gasteiger partial charge on any atom is 0.339 e. The van der Waals surface area contributed by atoms with Crippen LogP contribution >= 0.6 is 0 Å². The minimum atomic E-state index is -4.60. The van der Waals surface area contributed by atoms with Crippen molar-refractivity contribution in [3.8, 4) is 11.8 Å². The summed E-state index contributed by atoms with van der Waals surface area (Å²) in [5, 5.41) is 24.5. The Kier molecular flexibility index (Phi) is 5.78. The summed E-state index contributed by atoms with van der Waals surface area (Å²) in [6.45, 7) is 0. The fraction of sp³-hybridized carbons (Fsp3) is 0. The number of H-pyrrole nitrogens is 1. The molecule has 0 aliphatic carbocycles. The zero-order chi connectivity index (χ0) is 21.8. The summed E-state index contributed by atoms with van der Waals surface area (Å²) in [7, 11) is -8.84. The Morgan fingerprint density at radius 2 is 1.87 bits per heavy atom. The molecule has 0 aliphatic rings. The van der Waals surface area contributed by atoms with Crippen molar-refractivity contribution in [3.05, 3.63) is 60.6 Å². The first-order valence-electron chi connectivity index (χ1n) is 7.92. The van der Waals surface area contributed by atoms with Gasteiger partial charge in [0.1, 0.15) is 16.5 Å². The second-order valence-electron chi connectivity index (χ2n) is 5.53. The Balaban J connectivity index is 2.02. The van der Waals surface area contributed by atoms with Gasteiger partial charge in [0.25, 0.3) is 10.1 Å². The van der Waals surface area contributed by atoms with Crippen LogP contribution in [0, 0.1) is 11.3 Å². The van der Waals surface area contributed by atoms with Gasteiger partial charge in [0, 0.05) is 6.20 Å². The van der Waals surface area contributed by atoms with Crippen molar-refractivity contribution in [2.24, 2.45) is 0 Å². The number of hydrogen-bond acceptors (Lipinski definition) is 10. The molecule has 0 atom stereocenters. The number of benzene rings is 2. The summed E-state index contributed by atoms with van der Waals surface area (Å²) in [5.41, 5.74) is -0.265. The quantitative estimate of drug-likeness (QED) is 0.267. The van der Waals surface area contributed by atoms with E-state index in [0.717, 1.165) is 24.4 Å². The smallest absolute Gasteiger partial charge is 0.339 e. The summed E-state index contributed by atoms with van der Waals surface area (Å²) in [6, 6.07) is 12.0. The molecular weight excluding hydrogens is 436 g/mol. The summed E-state index contributed by atoms with van der Waals surface area (Å²) in [4.78, 5) is -0.657. The van der Waals surface area contributed by atoms with E-state index in [0.29, 0.717) is 0 Å². The van der Waals surface area contributed by atoms with Gasteiger partial charge in [-0.05, 0) is 35.5 Å². The van der Waals surface area contributed by atoms with Crippen LogP contribution in [0.2, 0.25) is 0 Å². The van der Waals surface area contributed by atoms with Gasteiger partial charge in [-0.15, -0.1) is 10.2 Å². The molecular formula is C16H12N6O6S2. The fourth-order valence-corrected chi connectivity index (χ4v) is 3.66. The highest BCUT2D eigenvalue weighted by Gasteiger charge is 2.20. The van der Waals surface area contributed by atoms with E-state index in [1.807, 2.05) is 0 Å². The molecule has 1 heterocycles. The summed E-state index contributed by atoms with van der Waals surface area (Å²) in [5.74, 6) is -0.344. The average molecular weight is 448 g/mol. The fourth-order valence-electron chi connectivity index (χ4n) is 2.18. The Bertz CT molecular complexity index is 1330. The Morgan fingerprint density at radius 3 is 2.47 bits per heavy atom. The number of tetrazole rings is 1. The zero-order valence-corrected chi connectivity index (χ0v) is 16.4. The molecule has 0 amide bonds. The van der Waals surface area contributed by atoms with Crippen molar-refractivity contribution in [2.75, 3.05) is 5.32 Å². The van der Waals surface area contributed by atoms with Crippen LogP contribution in [0.15, 0.2) is 64.5 Å². The van der Waals surface area contributed by atoms with E-state index >= 15 is 0 Å². The van der Waals surface area contributed by atoms with E-state index in [2.05, 4.69) is 25.9 Å². The number of allylic oxidation sites excluding steroid dienone is 1. The molecule has 12 nitrogen and oxygen atoms in total. The second-order valence-corrected chi connectivity index (χ2v) is 8.50. The third kappa shape index (κ3) is 4.78. The van der Waals surface area contributed by atoms with E-state index in [4.69, 9.17) is 4.18 Å². The highest BCUT2D eigenvalue weighted by molar-refractivity contribution is 7.87. The molecule has 30 heavy (non-hydrogen) atoms. The van der Waals surface area contributed by atoms with Crippen molar-refractivity contribution in [1.29, 1.82) is 5.26 Å². The number of aromatic nitrogens is 4. The zero-order valence-electron chi connectivity index (χ0n) is 14.8. The molecule has 0 spiro atoms. The van der Waals surface area contributed by atoms with Gasteiger partial charge in [0.2, 0.25) is 5.82 Å². The van der Waals surface area contributed by atoms with Crippen molar-refractivity contribution >= 4 is 31.5 Å². The van der Waals surface area contributed by atoms with E-state index < -0.39 is 25.1 Å². The normalized spacial score (nSPS) is 12.2. The van der Waals surface area contributed by atoms with Gasteiger partial charge < -0.3 is 9.50 Å². The molecule has 0 bridgehead atoms. The van der Waals surface area contributed by atoms with Crippen LogP contribution in [0.1, 0.15) is 5.82 Å². The Morgan fingerprint density at radius 1 is 1.13 bits per heavy atom. The molecule has 154 valence electrons. The predicted octanol–water partition coefficient (Wildman–Crippen LogP) is 1.19. The van der Waals surface area contributed by atoms with Gasteiger partial charge in [-0.3, -0.25) is 4.55 Å². The average Bonchev–Trinajstić information content (AvgIpc) is 3.24. The van der Waals surface area contributed by atoms with Gasteiger partial charge in [0.15, 0.2) is 5.75 Å². The molecule has 0 saturated carbocycles. The number of nitriles is 1. The van der Waals surface area contributed by atoms with Gasteiger partial charge in [0.05, 0.1) is 10.6 Å². The lowest BCUT2D eigenvalue weighted by Crippen LogP contribution is -2.11. The van der Waals surface area contributed by atoms with Crippen LogP contribution < -0.4 is 9.50 Å². The molecule has 0 aliphatic heterocycles. The van der Waals surface area contributed by atoms with Crippen molar-refractivity contribution in [1.82, 2.24) is 20.6 Å². The molecule has 14 heteroatoms. The number of nitrogens with zero attached hydrogens (tertiary/aromatic N) is 4. The van der Waals surface area contributed by atoms with Crippen LogP contribution in [0.4, 0.5) is 5.69 Å². The highest BCUT2D eigenvalue weighted by atomic mass is 32.2. The van der Waals surface area contributed by atoms with Gasteiger partial charge in [-0.1, -0.05) is 18.2 Å². The number of rotatable bonds is 7. The van der Waals surface area contributed by atoms with Gasteiger partial charge in [-0.25, -0.2) is 0 Å². The monoisotopic (exact) mass is 448 g/mol. The Hall–Kier alpha value is -3.80. The molecule has 3 rings (SSSR count). The molecule has 0 fully saturated rings. The SMILES string of the molecule is N#CC(=CNc1cc(S(=O)(=O)O)ccc1OS(=O)(=O)c1ccccc1)c1nn[nH]n1. The summed E-state index contributed by atoms with van der Waals surface area (Å²) < 4.78 is 62.3. The molecule has 0 unspecified atom stereocenters. The lowest BCUT2D eigenvalue weighted by molar-refractivity contribution is 0.482. The van der Waals surface area contributed by atoms with Crippen molar-refractivity contribution < 1.29 is 25.6 Å². The molecule has 0 saturated heterocycles. The topological polar surface area (TPSA) is 188 Å². The molecule has 3 N–H and O–H groups in total. The Labute approximate surface area is 170 Å². The minimum Gasteiger partial charge on any atom is -0.377 e.